The molecule has 5 N–H and O–H groups in total. The molecule has 6 rings (SSSR count). The number of methoxy groups -OCH3 is 1. The van der Waals surface area contributed by atoms with Crippen LogP contribution in [0.1, 0.15) is 96.7 Å². The van der Waals surface area contributed by atoms with Gasteiger partial charge >= 0.3 is 11.9 Å². The normalized spacial score (nSPS) is 23.5. The molecular formula is C41H48N4O6. The van der Waals surface area contributed by atoms with Gasteiger partial charge in [0, 0.05) is 56.8 Å². The third kappa shape index (κ3) is 6.10. The molecule has 3 aromatic rings. The quantitative estimate of drug-likeness (QED) is 0.130. The van der Waals surface area contributed by atoms with Crippen molar-refractivity contribution in [2.45, 2.75) is 73.3 Å². The molecule has 3 aliphatic rings. The van der Waals surface area contributed by atoms with Crippen LogP contribution < -0.4 is 26.6 Å². The molecule has 10 nitrogen and oxygen atoms in total. The summed E-state index contributed by atoms with van der Waals surface area (Å²) in [6.45, 7) is 16.4. The Morgan fingerprint density at radius 3 is 2.43 bits per heavy atom. The number of aromatic nitrogens is 3. The van der Waals surface area contributed by atoms with Gasteiger partial charge in [-0.2, -0.15) is 0 Å². The maximum Gasteiger partial charge on any atom is 0.320 e. The number of carbonyl (C=O) groups excluding carboxylic acids is 3. The average Bonchev–Trinajstić information content (AvgIpc) is 3.87. The van der Waals surface area contributed by atoms with Crippen LogP contribution in [0.3, 0.4) is 0 Å². The van der Waals surface area contributed by atoms with Crippen molar-refractivity contribution in [3.63, 3.8) is 0 Å². The van der Waals surface area contributed by atoms with E-state index in [9.17, 15) is 19.5 Å². The van der Waals surface area contributed by atoms with Crippen LogP contribution in [-0.2, 0) is 25.5 Å². The zero-order valence-corrected chi connectivity index (χ0v) is 30.5. The summed E-state index contributed by atoms with van der Waals surface area (Å²) >= 11 is 0. The first-order valence-electron chi connectivity index (χ1n) is 17.7. The van der Waals surface area contributed by atoms with Crippen molar-refractivity contribution < 1.29 is 29.0 Å². The minimum absolute atomic E-state index is 0.0803. The molecule has 10 heteroatoms. The van der Waals surface area contributed by atoms with E-state index in [2.05, 4.69) is 46.8 Å². The first-order chi connectivity index (χ1) is 24.5. The van der Waals surface area contributed by atoms with Crippen LogP contribution in [0.5, 0.6) is 0 Å². The molecule has 0 aromatic carbocycles. The number of esters is 2. The van der Waals surface area contributed by atoms with E-state index >= 15 is 0 Å². The Kier molecular flexibility index (Phi) is 9.88. The van der Waals surface area contributed by atoms with Crippen molar-refractivity contribution in [2.75, 3.05) is 13.7 Å². The van der Waals surface area contributed by atoms with Gasteiger partial charge in [-0.25, -0.2) is 0 Å². The molecule has 0 saturated carbocycles. The molecule has 268 valence electrons. The third-order valence-electron chi connectivity index (χ3n) is 11.1. The van der Waals surface area contributed by atoms with Crippen molar-refractivity contribution in [2.24, 2.45) is 17.8 Å². The van der Waals surface area contributed by atoms with Crippen molar-refractivity contribution in [3.05, 3.63) is 90.1 Å². The fourth-order valence-corrected chi connectivity index (χ4v) is 7.99. The van der Waals surface area contributed by atoms with Gasteiger partial charge in [-0.1, -0.05) is 39.0 Å². The zero-order chi connectivity index (χ0) is 36.7. The van der Waals surface area contributed by atoms with Crippen molar-refractivity contribution in [3.8, 4) is 0 Å². The second kappa shape index (κ2) is 14.2. The number of allylic oxidation sites excluding steroid dienone is 2. The Morgan fingerprint density at radius 2 is 1.76 bits per heavy atom. The number of ketones is 1. The second-order valence-corrected chi connectivity index (χ2v) is 13.8. The van der Waals surface area contributed by atoms with Crippen LogP contribution in [0.15, 0.2) is 23.9 Å². The van der Waals surface area contributed by atoms with Crippen LogP contribution in [0.25, 0.3) is 36.1 Å². The highest BCUT2D eigenvalue weighted by Crippen LogP contribution is 2.42. The van der Waals surface area contributed by atoms with Crippen molar-refractivity contribution in [1.29, 1.82) is 0 Å². The van der Waals surface area contributed by atoms with E-state index in [1.807, 2.05) is 52.0 Å². The van der Waals surface area contributed by atoms with Crippen molar-refractivity contribution >= 4 is 53.9 Å². The lowest BCUT2D eigenvalue weighted by molar-refractivity contribution is -0.143. The predicted molar refractivity (Wildman–Crippen MR) is 199 cm³/mol. The lowest BCUT2D eigenvalue weighted by Gasteiger charge is -2.25. The summed E-state index contributed by atoms with van der Waals surface area (Å²) < 4.78 is 10.8. The van der Waals surface area contributed by atoms with Crippen LogP contribution in [-0.4, -0.2) is 57.5 Å². The van der Waals surface area contributed by atoms with Crippen LogP contribution in [0.2, 0.25) is 0 Å². The Bertz CT molecular complexity index is 2260. The number of H-pyrrole nitrogens is 3. The number of fused-ring (bicyclic) bond motifs is 8. The summed E-state index contributed by atoms with van der Waals surface area (Å²) in [5.41, 5.74) is 9.18. The van der Waals surface area contributed by atoms with Gasteiger partial charge in [-0.15, -0.1) is 0 Å². The number of hydrogen-bond acceptors (Lipinski definition) is 7. The van der Waals surface area contributed by atoms with Crippen molar-refractivity contribution in [1.82, 2.24) is 20.3 Å². The first-order valence-corrected chi connectivity index (χ1v) is 17.7. The van der Waals surface area contributed by atoms with Gasteiger partial charge in [0.2, 0.25) is 0 Å². The summed E-state index contributed by atoms with van der Waals surface area (Å²) in [5, 5.41) is 16.8. The van der Waals surface area contributed by atoms with E-state index in [4.69, 9.17) is 9.47 Å². The van der Waals surface area contributed by atoms with E-state index in [1.165, 1.54) is 7.11 Å². The number of hydrogen-bond donors (Lipinski definition) is 5. The number of Topliss-reactive ketones (excluding diaryl/α,β-unsaturated/α-hetero) is 1. The number of aliphatic hydroxyl groups is 1. The van der Waals surface area contributed by atoms with Gasteiger partial charge in [0.05, 0.1) is 30.1 Å². The molecule has 4 atom stereocenters. The standard InChI is InChI=1S/C41H48N4O6/c1-9-20(4)14-15-51-34(47)13-12-26-22(6)29-16-28-21(5)24(10-2)31(42-28)18-33-27(19-46)25(11-3)32(43-33)17-30-23(7)35-39(45-30)36(38(26)44-29)37(40(35)48)41(49)50-8/h10,14,16-19,22,26,37-38,42-46H,2,9,11-13,15H2,1,3-8H3/b20-14+,27-19-,29-16-,30-17-,33-18-/t22-,26-,37+,38?/m0/s1. The van der Waals surface area contributed by atoms with Crippen LogP contribution in [0, 0.1) is 31.6 Å². The highest BCUT2D eigenvalue weighted by atomic mass is 16.5. The summed E-state index contributed by atoms with van der Waals surface area (Å²) in [4.78, 5) is 51.3. The minimum Gasteiger partial charge on any atom is -0.515 e. The van der Waals surface area contributed by atoms with E-state index in [0.717, 1.165) is 74.0 Å². The zero-order valence-electron chi connectivity index (χ0n) is 30.5. The fourth-order valence-electron chi connectivity index (χ4n) is 7.99. The third-order valence-corrected chi connectivity index (χ3v) is 11.1. The van der Waals surface area contributed by atoms with Gasteiger partial charge in [0.1, 0.15) is 12.5 Å². The molecule has 1 fully saturated rings. The highest BCUT2D eigenvalue weighted by Gasteiger charge is 2.49. The molecule has 0 spiro atoms. The number of aromatic amines is 3. The molecule has 8 bridgehead atoms. The Labute approximate surface area is 297 Å². The summed E-state index contributed by atoms with van der Waals surface area (Å²) in [6, 6.07) is -0.464. The Hall–Kier alpha value is -5.25. The maximum atomic E-state index is 14.2. The molecule has 1 saturated heterocycles. The molecule has 3 aromatic heterocycles. The van der Waals surface area contributed by atoms with Gasteiger partial charge in [-0.3, -0.25) is 14.4 Å². The number of rotatable bonds is 9. The molecule has 0 amide bonds. The molecule has 51 heavy (non-hydrogen) atoms. The molecular weight excluding hydrogens is 644 g/mol. The molecule has 0 radical (unpaired) electrons. The average molecular weight is 693 g/mol. The number of carbonyl (C=O) groups is 3. The van der Waals surface area contributed by atoms with E-state index < -0.39 is 17.9 Å². The predicted octanol–water partition coefficient (Wildman–Crippen LogP) is 3.84. The minimum atomic E-state index is -1.14. The summed E-state index contributed by atoms with van der Waals surface area (Å²) in [5.74, 6) is -2.61. The summed E-state index contributed by atoms with van der Waals surface area (Å²) in [6.07, 6.45) is 13.1. The van der Waals surface area contributed by atoms with Gasteiger partial charge < -0.3 is 34.8 Å². The van der Waals surface area contributed by atoms with Crippen LogP contribution in [0.4, 0.5) is 0 Å². The van der Waals surface area contributed by atoms with E-state index in [1.54, 1.807) is 0 Å². The van der Waals surface area contributed by atoms with Gasteiger partial charge in [-0.05, 0) is 92.5 Å². The maximum absolute atomic E-state index is 14.2. The first kappa shape index (κ1) is 35.6. The topological polar surface area (TPSA) is 149 Å². The molecule has 1 aliphatic carbocycles. The Balaban J connectivity index is 1.60. The Morgan fingerprint density at radius 1 is 1.02 bits per heavy atom. The summed E-state index contributed by atoms with van der Waals surface area (Å²) in [7, 11) is 1.30. The molecule has 2 aliphatic heterocycles. The van der Waals surface area contributed by atoms with E-state index in [0.29, 0.717) is 34.5 Å². The SMILES string of the molecule is C=Cc1c2[nH]c(c1C)/C=C1\NC(C3=c4[nH]/c(c(C)c4C(=O)[C@@H]3C(=O)OC)=C\c3[nH]c(/c(=C\O)c3CC)=C\2)[C@@H](CCC(=O)OC/C=C(\C)CC)[C@@H]1C. The smallest absolute Gasteiger partial charge is 0.320 e. The number of ether oxygens (including phenoxy) is 2. The largest absolute Gasteiger partial charge is 0.515 e. The van der Waals surface area contributed by atoms with Crippen LogP contribution >= 0.6 is 0 Å². The molecule has 1 unspecified atom stereocenters. The van der Waals surface area contributed by atoms with Gasteiger partial charge in [0.15, 0.2) is 5.78 Å². The second-order valence-electron chi connectivity index (χ2n) is 13.8. The van der Waals surface area contributed by atoms with Gasteiger partial charge in [0.25, 0.3) is 0 Å². The molecule has 5 heterocycles. The lowest BCUT2D eigenvalue weighted by atomic mass is 9.80. The fraction of sp³-hybridized carbons (Fsp3) is 0.390. The number of aliphatic hydroxyl groups excluding tert-OH is 1. The monoisotopic (exact) mass is 692 g/mol. The van der Waals surface area contributed by atoms with E-state index in [-0.39, 0.29) is 36.6 Å². The lowest BCUT2D eigenvalue weighted by Crippen LogP contribution is -2.38. The highest BCUT2D eigenvalue weighted by molar-refractivity contribution is 6.19. The number of nitrogens with one attached hydrogen (secondary N) is 4.